The zero-order valence-corrected chi connectivity index (χ0v) is 8.46. The molecule has 0 saturated heterocycles. The van der Waals surface area contributed by atoms with Gasteiger partial charge in [-0.2, -0.15) is 0 Å². The van der Waals surface area contributed by atoms with Crippen molar-refractivity contribution in [2.75, 3.05) is 6.61 Å². The average Bonchev–Trinajstić information content (AvgIpc) is 2.25. The molecule has 0 bridgehead atoms. The fourth-order valence-corrected chi connectivity index (χ4v) is 1.16. The highest BCUT2D eigenvalue weighted by molar-refractivity contribution is 5.74. The lowest BCUT2D eigenvalue weighted by Gasteiger charge is -2.16. The zero-order valence-electron chi connectivity index (χ0n) is 8.46. The van der Waals surface area contributed by atoms with E-state index in [2.05, 4.69) is 4.74 Å². The highest BCUT2D eigenvalue weighted by Crippen LogP contribution is 2.17. The first-order valence-corrected chi connectivity index (χ1v) is 4.53. The fraction of sp³-hybridized carbons (Fsp3) is 0.167. The quantitative estimate of drug-likeness (QED) is 0.713. The van der Waals surface area contributed by atoms with Crippen molar-refractivity contribution in [3.05, 3.63) is 49.7 Å². The Morgan fingerprint density at radius 3 is 2.25 bits per heavy atom. The van der Waals surface area contributed by atoms with Crippen LogP contribution in [0.25, 0.3) is 0 Å². The summed E-state index contributed by atoms with van der Waals surface area (Å²) in [7, 11) is 0. The van der Waals surface area contributed by atoms with Crippen LogP contribution in [0.3, 0.4) is 0 Å². The molecule has 0 aromatic heterocycles. The van der Waals surface area contributed by atoms with Crippen molar-refractivity contribution in [3.63, 3.8) is 0 Å². The first-order chi connectivity index (χ1) is 7.59. The number of hydrogen-bond donors (Lipinski definition) is 0. The summed E-state index contributed by atoms with van der Waals surface area (Å²) in [6.07, 6.45) is -0.744. The smallest absolute Gasteiger partial charge is 0.311 e. The largest absolute Gasteiger partial charge is 0.461 e. The van der Waals surface area contributed by atoms with Crippen molar-refractivity contribution >= 4 is 11.9 Å². The maximum atomic E-state index is 10.7. The Morgan fingerprint density at radius 2 is 1.75 bits per heavy atom. The van der Waals surface area contributed by atoms with Gasteiger partial charge in [-0.15, -0.1) is 0 Å². The molecule has 0 N–H and O–H groups in total. The fourth-order valence-electron chi connectivity index (χ4n) is 1.16. The summed E-state index contributed by atoms with van der Waals surface area (Å²) in [4.78, 5) is 21.1. The molecule has 82 valence electrons. The minimum absolute atomic E-state index is 0.164. The molecule has 0 aliphatic heterocycles. The van der Waals surface area contributed by atoms with Crippen LogP contribution in [0.5, 0.6) is 0 Å². The number of carbonyl (C=O) groups is 2. The van der Waals surface area contributed by atoms with Gasteiger partial charge in [0, 0.05) is 0 Å². The molecule has 0 spiro atoms. The van der Waals surface area contributed by atoms with Crippen molar-refractivity contribution in [3.8, 4) is 0 Å². The van der Waals surface area contributed by atoms with Gasteiger partial charge < -0.3 is 9.47 Å². The summed E-state index contributed by atoms with van der Waals surface area (Å²) in [6.45, 7) is 9.56. The molecular weight excluding hydrogens is 208 g/mol. The molecular formula is C12H10O4. The molecule has 1 rings (SSSR count). The topological polar surface area (TPSA) is 52.6 Å². The molecule has 0 fully saturated rings. The van der Waals surface area contributed by atoms with Crippen molar-refractivity contribution in [1.82, 2.24) is 0 Å². The van der Waals surface area contributed by atoms with E-state index >= 15 is 0 Å². The van der Waals surface area contributed by atoms with Crippen LogP contribution in [-0.2, 0) is 19.1 Å². The minimum Gasteiger partial charge on any atom is -0.461 e. The monoisotopic (exact) mass is 218 g/mol. The maximum Gasteiger partial charge on any atom is 0.311 e. The van der Waals surface area contributed by atoms with Crippen LogP contribution in [0.15, 0.2) is 30.3 Å². The molecule has 0 aliphatic rings. The molecule has 4 radical (unpaired) electrons. The Kier molecular flexibility index (Phi) is 4.51. The summed E-state index contributed by atoms with van der Waals surface area (Å²) >= 11 is 0. The predicted octanol–water partition coefficient (Wildman–Crippen LogP) is 1.24. The average molecular weight is 218 g/mol. The summed E-state index contributed by atoms with van der Waals surface area (Å²) in [5.41, 5.74) is 0.669. The zero-order chi connectivity index (χ0) is 12.0. The van der Waals surface area contributed by atoms with E-state index in [1.165, 1.54) is 0 Å². The summed E-state index contributed by atoms with van der Waals surface area (Å²) in [6, 6.07) is 8.77. The Hall–Kier alpha value is -1.84. The number of ether oxygens (including phenoxy) is 2. The molecule has 1 aromatic carbocycles. The van der Waals surface area contributed by atoms with E-state index in [1.807, 2.05) is 0 Å². The summed E-state index contributed by atoms with van der Waals surface area (Å²) in [5, 5.41) is 0. The summed E-state index contributed by atoms with van der Waals surface area (Å²) < 4.78 is 9.36. The van der Waals surface area contributed by atoms with Gasteiger partial charge in [-0.25, -0.2) is 0 Å². The van der Waals surface area contributed by atoms with Crippen molar-refractivity contribution in [1.29, 1.82) is 0 Å². The van der Waals surface area contributed by atoms with Gasteiger partial charge in [0.25, 0.3) is 0 Å². The van der Waals surface area contributed by atoms with E-state index in [0.717, 1.165) is 0 Å². The highest BCUT2D eigenvalue weighted by Gasteiger charge is 2.16. The van der Waals surface area contributed by atoms with Crippen LogP contribution in [0.1, 0.15) is 11.7 Å². The minimum atomic E-state index is -0.943. The van der Waals surface area contributed by atoms with Gasteiger partial charge in [0.05, 0.1) is 13.8 Å². The third-order valence-electron chi connectivity index (χ3n) is 1.81. The first kappa shape index (κ1) is 12.2. The van der Waals surface area contributed by atoms with Crippen molar-refractivity contribution < 1.29 is 19.1 Å². The number of esters is 2. The highest BCUT2D eigenvalue weighted by atomic mass is 16.6. The third-order valence-corrected chi connectivity index (χ3v) is 1.81. The lowest BCUT2D eigenvalue weighted by molar-refractivity contribution is -0.153. The standard InChI is InChI=1S/C12H10O4/c1-9(13)15-8-12(16-10(2)14)11-6-4-3-5-7-11/h1-7,12H,8H2. The second-order valence-electron chi connectivity index (χ2n) is 2.97. The molecule has 16 heavy (non-hydrogen) atoms. The van der Waals surface area contributed by atoms with Gasteiger partial charge in [0.2, 0.25) is 0 Å². The number of rotatable bonds is 4. The van der Waals surface area contributed by atoms with Gasteiger partial charge in [-0.3, -0.25) is 9.59 Å². The normalized spacial score (nSPS) is 11.6. The van der Waals surface area contributed by atoms with Crippen molar-refractivity contribution in [2.45, 2.75) is 6.10 Å². The summed E-state index contributed by atoms with van der Waals surface area (Å²) in [5.74, 6) is -1.88. The first-order valence-electron chi connectivity index (χ1n) is 4.53. The lowest BCUT2D eigenvalue weighted by atomic mass is 10.1. The van der Waals surface area contributed by atoms with Gasteiger partial charge >= 0.3 is 11.9 Å². The lowest BCUT2D eigenvalue weighted by Crippen LogP contribution is -2.16. The Balaban J connectivity index is 2.71. The van der Waals surface area contributed by atoms with E-state index in [4.69, 9.17) is 18.6 Å². The SMILES string of the molecule is [CH]C(=O)OCC(OC([CH])=O)c1ccccc1. The maximum absolute atomic E-state index is 10.7. The van der Waals surface area contributed by atoms with E-state index in [-0.39, 0.29) is 6.61 Å². The van der Waals surface area contributed by atoms with Gasteiger partial charge in [0.15, 0.2) is 6.10 Å². The molecule has 0 aliphatic carbocycles. The second kappa shape index (κ2) is 5.90. The van der Waals surface area contributed by atoms with Crippen LogP contribution in [0, 0.1) is 13.8 Å². The van der Waals surface area contributed by atoms with E-state index in [0.29, 0.717) is 5.56 Å². The molecule has 1 unspecified atom stereocenters. The molecule has 0 heterocycles. The van der Waals surface area contributed by atoms with Crippen LogP contribution < -0.4 is 0 Å². The van der Waals surface area contributed by atoms with Crippen LogP contribution >= 0.6 is 0 Å². The molecule has 0 saturated carbocycles. The van der Waals surface area contributed by atoms with E-state index in [1.54, 1.807) is 30.3 Å². The van der Waals surface area contributed by atoms with Gasteiger partial charge in [0.1, 0.15) is 6.61 Å². The van der Waals surface area contributed by atoms with E-state index < -0.39 is 18.0 Å². The molecule has 1 aromatic rings. The Morgan fingerprint density at radius 1 is 1.12 bits per heavy atom. The number of hydrogen-bond acceptors (Lipinski definition) is 4. The second-order valence-corrected chi connectivity index (χ2v) is 2.97. The number of benzene rings is 1. The molecule has 0 amide bonds. The number of carbonyl (C=O) groups excluding carboxylic acids is 2. The third kappa shape index (κ3) is 4.13. The molecule has 4 heteroatoms. The Labute approximate surface area is 94.2 Å². The van der Waals surface area contributed by atoms with Gasteiger partial charge in [-0.05, 0) is 5.56 Å². The van der Waals surface area contributed by atoms with E-state index in [9.17, 15) is 9.59 Å². The predicted molar refractivity (Wildman–Crippen MR) is 54.8 cm³/mol. The molecule has 4 nitrogen and oxygen atoms in total. The Bertz CT molecular complexity index is 359. The van der Waals surface area contributed by atoms with Crippen LogP contribution in [-0.4, -0.2) is 18.5 Å². The molecule has 1 atom stereocenters. The van der Waals surface area contributed by atoms with Crippen molar-refractivity contribution in [2.24, 2.45) is 0 Å². The van der Waals surface area contributed by atoms with Crippen LogP contribution in [0.4, 0.5) is 0 Å². The van der Waals surface area contributed by atoms with Gasteiger partial charge in [-0.1, -0.05) is 30.3 Å². The van der Waals surface area contributed by atoms with Crippen LogP contribution in [0.2, 0.25) is 0 Å².